The normalized spacial score (nSPS) is 11.6. The van der Waals surface area contributed by atoms with Gasteiger partial charge in [-0.05, 0) is 84.0 Å². The molecule has 2 N–H and O–H groups in total. The van der Waals surface area contributed by atoms with Crippen molar-refractivity contribution in [1.29, 1.82) is 0 Å². The van der Waals surface area contributed by atoms with E-state index in [1.807, 2.05) is 0 Å². The van der Waals surface area contributed by atoms with Crippen LogP contribution in [0.3, 0.4) is 0 Å². The minimum Gasteiger partial charge on any atom is -0.507 e. The lowest BCUT2D eigenvalue weighted by atomic mass is 9.96. The summed E-state index contributed by atoms with van der Waals surface area (Å²) in [7, 11) is 0. The number of phenolic OH excluding ortho intramolecular Hbond substituents is 2. The Morgan fingerprint density at radius 2 is 1.00 bits per heavy atom. The topological polar surface area (TPSA) is 40.5 Å². The van der Waals surface area contributed by atoms with Gasteiger partial charge >= 0.3 is 0 Å². The third kappa shape index (κ3) is 8.28. The first-order valence-corrected chi connectivity index (χ1v) is 14.0. The first-order valence-electron chi connectivity index (χ1n) is 13.2. The zero-order chi connectivity index (χ0) is 24.4. The van der Waals surface area contributed by atoms with Gasteiger partial charge < -0.3 is 10.2 Å². The molecule has 0 fully saturated rings. The second kappa shape index (κ2) is 13.9. The lowest BCUT2D eigenvalue weighted by Crippen LogP contribution is -1.97. The van der Waals surface area contributed by atoms with Crippen molar-refractivity contribution in [2.45, 2.75) is 127 Å². The summed E-state index contributed by atoms with van der Waals surface area (Å²) in [5, 5.41) is 21.8. The molecule has 0 spiro atoms. The molecule has 0 aliphatic rings. The van der Waals surface area contributed by atoms with Crippen molar-refractivity contribution in [3.63, 3.8) is 0 Å². The van der Waals surface area contributed by atoms with Crippen molar-refractivity contribution < 1.29 is 10.2 Å². The van der Waals surface area contributed by atoms with Gasteiger partial charge in [-0.2, -0.15) is 0 Å². The fraction of sp³-hybridized carbons (Fsp3) is 0.600. The molecule has 3 heteroatoms. The molecular weight excluding hydrogens is 424 g/mol. The van der Waals surface area contributed by atoms with Crippen LogP contribution in [0.2, 0.25) is 0 Å². The van der Waals surface area contributed by atoms with Crippen LogP contribution in [0.25, 0.3) is 0 Å². The molecule has 33 heavy (non-hydrogen) atoms. The standard InChI is InChI=1S/C30H46O2S/c1-7-9-11-13-15-23-17-25(19-27(21(3)4)29(23)31)33-26-18-24(16-14-12-10-8-2)30(32)28(20-26)22(5)6/h17-22,31-32H,7-16H2,1-6H3. The van der Waals surface area contributed by atoms with Crippen LogP contribution in [0, 0.1) is 0 Å². The van der Waals surface area contributed by atoms with E-state index in [4.69, 9.17) is 0 Å². The lowest BCUT2D eigenvalue weighted by molar-refractivity contribution is 0.455. The minimum atomic E-state index is 0.278. The van der Waals surface area contributed by atoms with Gasteiger partial charge in [0.2, 0.25) is 0 Å². The molecule has 0 aliphatic heterocycles. The maximum Gasteiger partial charge on any atom is 0.122 e. The molecule has 0 saturated heterocycles. The van der Waals surface area contributed by atoms with Crippen LogP contribution in [0.4, 0.5) is 0 Å². The Morgan fingerprint density at radius 3 is 1.33 bits per heavy atom. The molecule has 2 aromatic carbocycles. The molecular formula is C30H46O2S. The Balaban J connectivity index is 2.35. The molecule has 0 atom stereocenters. The van der Waals surface area contributed by atoms with Gasteiger partial charge in [-0.15, -0.1) is 0 Å². The Morgan fingerprint density at radius 1 is 0.606 bits per heavy atom. The van der Waals surface area contributed by atoms with Crippen molar-refractivity contribution in [1.82, 2.24) is 0 Å². The van der Waals surface area contributed by atoms with E-state index in [-0.39, 0.29) is 11.8 Å². The molecule has 0 bridgehead atoms. The van der Waals surface area contributed by atoms with E-state index in [0.717, 1.165) is 47.9 Å². The summed E-state index contributed by atoms with van der Waals surface area (Å²) >= 11 is 1.76. The second-order valence-corrected chi connectivity index (χ2v) is 11.2. The minimum absolute atomic E-state index is 0.278. The SMILES string of the molecule is CCCCCCc1cc(Sc2cc(CCCCCC)c(O)c(C(C)C)c2)cc(C(C)C)c1O. The van der Waals surface area contributed by atoms with Crippen molar-refractivity contribution in [2.75, 3.05) is 0 Å². The Kier molecular flexibility index (Phi) is 11.7. The van der Waals surface area contributed by atoms with Crippen LogP contribution in [0.1, 0.15) is 127 Å². The lowest BCUT2D eigenvalue weighted by Gasteiger charge is -2.18. The number of phenols is 2. The average Bonchev–Trinajstić information content (AvgIpc) is 2.77. The van der Waals surface area contributed by atoms with Gasteiger partial charge in [0.25, 0.3) is 0 Å². The monoisotopic (exact) mass is 470 g/mol. The van der Waals surface area contributed by atoms with Crippen LogP contribution in [-0.2, 0) is 12.8 Å². The van der Waals surface area contributed by atoms with Gasteiger partial charge in [-0.3, -0.25) is 0 Å². The molecule has 2 nitrogen and oxygen atoms in total. The molecule has 0 heterocycles. The Bertz CT molecular complexity index is 799. The maximum absolute atomic E-state index is 10.9. The number of hydrogen-bond acceptors (Lipinski definition) is 3. The Labute approximate surface area is 207 Å². The number of aryl methyl sites for hydroxylation is 2. The zero-order valence-electron chi connectivity index (χ0n) is 21.8. The predicted molar refractivity (Wildman–Crippen MR) is 144 cm³/mol. The first-order chi connectivity index (χ1) is 15.8. The fourth-order valence-corrected chi connectivity index (χ4v) is 5.42. The van der Waals surface area contributed by atoms with Gasteiger partial charge in [-0.1, -0.05) is 91.8 Å². The second-order valence-electron chi connectivity index (χ2n) is 10.1. The Hall–Kier alpha value is -1.61. The van der Waals surface area contributed by atoms with Crippen LogP contribution in [0.5, 0.6) is 11.5 Å². The summed E-state index contributed by atoms with van der Waals surface area (Å²) in [4.78, 5) is 2.36. The van der Waals surface area contributed by atoms with Gasteiger partial charge in [0.05, 0.1) is 0 Å². The molecule has 0 amide bonds. The highest BCUT2D eigenvalue weighted by atomic mass is 32.2. The molecule has 0 unspecified atom stereocenters. The number of benzene rings is 2. The van der Waals surface area contributed by atoms with Crippen molar-refractivity contribution >= 4 is 11.8 Å². The highest BCUT2D eigenvalue weighted by Crippen LogP contribution is 2.41. The molecule has 2 aromatic rings. The fourth-order valence-electron chi connectivity index (χ4n) is 4.38. The molecule has 0 aromatic heterocycles. The number of hydrogen-bond donors (Lipinski definition) is 2. The van der Waals surface area contributed by atoms with E-state index in [1.165, 1.54) is 48.3 Å². The summed E-state index contributed by atoms with van der Waals surface area (Å²) in [6.45, 7) is 13.1. The molecule has 184 valence electrons. The number of rotatable bonds is 14. The predicted octanol–water partition coefficient (Wildman–Crippen LogP) is 9.74. The van der Waals surface area contributed by atoms with E-state index < -0.39 is 0 Å². The summed E-state index contributed by atoms with van der Waals surface area (Å²) in [6.07, 6.45) is 11.4. The molecule has 0 aliphatic carbocycles. The summed E-state index contributed by atoms with van der Waals surface area (Å²) < 4.78 is 0. The van der Waals surface area contributed by atoms with Gasteiger partial charge in [-0.25, -0.2) is 0 Å². The number of aromatic hydroxyl groups is 2. The number of unbranched alkanes of at least 4 members (excludes halogenated alkanes) is 6. The van der Waals surface area contributed by atoms with Gasteiger partial charge in [0.1, 0.15) is 11.5 Å². The maximum atomic E-state index is 10.9. The largest absolute Gasteiger partial charge is 0.507 e. The third-order valence-electron chi connectivity index (χ3n) is 6.46. The first kappa shape index (κ1) is 27.6. The van der Waals surface area contributed by atoms with Crippen LogP contribution >= 0.6 is 11.8 Å². The van der Waals surface area contributed by atoms with Crippen molar-refractivity contribution in [2.24, 2.45) is 0 Å². The highest BCUT2D eigenvalue weighted by Gasteiger charge is 2.16. The smallest absolute Gasteiger partial charge is 0.122 e. The van der Waals surface area contributed by atoms with Crippen LogP contribution in [-0.4, -0.2) is 10.2 Å². The molecule has 0 radical (unpaired) electrons. The van der Waals surface area contributed by atoms with Crippen LogP contribution in [0.15, 0.2) is 34.1 Å². The third-order valence-corrected chi connectivity index (χ3v) is 7.41. The van der Waals surface area contributed by atoms with E-state index in [0.29, 0.717) is 11.5 Å². The van der Waals surface area contributed by atoms with Gasteiger partial charge in [0, 0.05) is 9.79 Å². The highest BCUT2D eigenvalue weighted by molar-refractivity contribution is 7.99. The summed E-state index contributed by atoms with van der Waals surface area (Å²) in [5.74, 6) is 1.52. The van der Waals surface area contributed by atoms with E-state index in [1.54, 1.807) is 11.8 Å². The van der Waals surface area contributed by atoms with Crippen LogP contribution < -0.4 is 0 Å². The summed E-state index contributed by atoms with van der Waals surface area (Å²) in [5.41, 5.74) is 4.21. The quantitative estimate of drug-likeness (QED) is 0.270. The average molecular weight is 471 g/mol. The van der Waals surface area contributed by atoms with Crippen molar-refractivity contribution in [3.05, 3.63) is 46.5 Å². The van der Waals surface area contributed by atoms with Crippen molar-refractivity contribution in [3.8, 4) is 11.5 Å². The van der Waals surface area contributed by atoms with E-state index in [2.05, 4.69) is 65.8 Å². The molecule has 2 rings (SSSR count). The van der Waals surface area contributed by atoms with E-state index >= 15 is 0 Å². The van der Waals surface area contributed by atoms with Gasteiger partial charge in [0.15, 0.2) is 0 Å². The molecule has 0 saturated carbocycles. The zero-order valence-corrected chi connectivity index (χ0v) is 22.7. The summed E-state index contributed by atoms with van der Waals surface area (Å²) in [6, 6.07) is 8.67. The van der Waals surface area contributed by atoms with E-state index in [9.17, 15) is 10.2 Å².